The van der Waals surface area contributed by atoms with Crippen LogP contribution in [0.15, 0.2) is 4.79 Å². The molecule has 1 aliphatic rings. The van der Waals surface area contributed by atoms with E-state index >= 15 is 0 Å². The molecule has 0 aromatic carbocycles. The number of nitrogens with one attached hydrogen (secondary N) is 2. The van der Waals surface area contributed by atoms with Crippen molar-refractivity contribution >= 4 is 5.95 Å². The first kappa shape index (κ1) is 11.0. The quantitative estimate of drug-likeness (QED) is 0.816. The maximum absolute atomic E-state index is 12.5. The van der Waals surface area contributed by atoms with Crippen molar-refractivity contribution in [2.45, 2.75) is 32.0 Å². The monoisotopic (exact) mass is 233 g/mol. The van der Waals surface area contributed by atoms with Crippen LogP contribution in [-0.2, 0) is 6.18 Å². The van der Waals surface area contributed by atoms with Gasteiger partial charge in [0.25, 0.3) is 5.56 Å². The maximum atomic E-state index is 12.5. The van der Waals surface area contributed by atoms with E-state index in [9.17, 15) is 18.0 Å². The smallest absolute Gasteiger partial charge is 0.353 e. The first-order valence-electron chi connectivity index (χ1n) is 4.82. The number of hydrogen-bond acceptors (Lipinski definition) is 3. The van der Waals surface area contributed by atoms with Gasteiger partial charge < -0.3 is 5.32 Å². The number of nitrogens with zero attached hydrogens (tertiary/aromatic N) is 1. The molecule has 0 saturated heterocycles. The standard InChI is InChI=1S/C9H10F3N3O/c1-4-6(9(10,11)12)14-8(15-7(4)16)13-5-2-3-5/h5H,2-3H2,1H3,(H2,13,14,15,16). The molecule has 0 atom stereocenters. The van der Waals surface area contributed by atoms with E-state index in [1.807, 2.05) is 0 Å². The largest absolute Gasteiger partial charge is 0.433 e. The van der Waals surface area contributed by atoms with Crippen LogP contribution < -0.4 is 10.9 Å². The van der Waals surface area contributed by atoms with Crippen LogP contribution in [0, 0.1) is 6.92 Å². The molecule has 0 spiro atoms. The van der Waals surface area contributed by atoms with E-state index in [1.165, 1.54) is 0 Å². The van der Waals surface area contributed by atoms with Crippen LogP contribution in [0.1, 0.15) is 24.1 Å². The lowest BCUT2D eigenvalue weighted by atomic mass is 10.2. The van der Waals surface area contributed by atoms with Gasteiger partial charge in [0.2, 0.25) is 5.95 Å². The highest BCUT2D eigenvalue weighted by atomic mass is 19.4. The molecule has 16 heavy (non-hydrogen) atoms. The number of halogens is 3. The van der Waals surface area contributed by atoms with Gasteiger partial charge in [0.05, 0.1) is 0 Å². The second-order valence-corrected chi connectivity index (χ2v) is 3.80. The molecule has 0 radical (unpaired) electrons. The Balaban J connectivity index is 2.42. The molecule has 4 nitrogen and oxygen atoms in total. The minimum absolute atomic E-state index is 0.106. The summed E-state index contributed by atoms with van der Waals surface area (Å²) in [5.74, 6) is -0.106. The molecule has 1 aromatic rings. The molecule has 1 fully saturated rings. The van der Waals surface area contributed by atoms with Crippen molar-refractivity contribution in [3.05, 3.63) is 21.6 Å². The molecule has 1 aromatic heterocycles. The third-order valence-electron chi connectivity index (χ3n) is 2.34. The number of alkyl halides is 3. The topological polar surface area (TPSA) is 57.8 Å². The van der Waals surface area contributed by atoms with Crippen LogP contribution in [0.25, 0.3) is 0 Å². The molecule has 1 saturated carbocycles. The minimum Gasteiger partial charge on any atom is -0.353 e. The Labute approximate surface area is 88.9 Å². The normalized spacial score (nSPS) is 16.2. The number of anilines is 1. The molecule has 0 amide bonds. The van der Waals surface area contributed by atoms with Gasteiger partial charge in [0.1, 0.15) is 0 Å². The molecule has 0 aliphatic heterocycles. The molecular weight excluding hydrogens is 223 g/mol. The molecule has 7 heteroatoms. The van der Waals surface area contributed by atoms with E-state index in [4.69, 9.17) is 0 Å². The Kier molecular flexibility index (Phi) is 2.40. The second kappa shape index (κ2) is 3.50. The Morgan fingerprint density at radius 2 is 2.06 bits per heavy atom. The highest BCUT2D eigenvalue weighted by Crippen LogP contribution is 2.30. The summed E-state index contributed by atoms with van der Waals surface area (Å²) in [6, 6.07) is 0.131. The first-order valence-corrected chi connectivity index (χ1v) is 4.82. The van der Waals surface area contributed by atoms with E-state index < -0.39 is 23.0 Å². The van der Waals surface area contributed by atoms with Crippen molar-refractivity contribution in [3.63, 3.8) is 0 Å². The zero-order chi connectivity index (χ0) is 11.9. The van der Waals surface area contributed by atoms with Gasteiger partial charge in [-0.3, -0.25) is 9.78 Å². The van der Waals surface area contributed by atoms with Crippen LogP contribution >= 0.6 is 0 Å². The highest BCUT2D eigenvalue weighted by molar-refractivity contribution is 5.32. The lowest BCUT2D eigenvalue weighted by Crippen LogP contribution is -2.23. The van der Waals surface area contributed by atoms with Crippen molar-refractivity contribution in [3.8, 4) is 0 Å². The fraction of sp³-hybridized carbons (Fsp3) is 0.556. The Morgan fingerprint density at radius 1 is 1.44 bits per heavy atom. The zero-order valence-corrected chi connectivity index (χ0v) is 8.48. The fourth-order valence-corrected chi connectivity index (χ4v) is 1.30. The highest BCUT2D eigenvalue weighted by Gasteiger charge is 2.36. The Hall–Kier alpha value is -1.53. The van der Waals surface area contributed by atoms with Gasteiger partial charge in [-0.25, -0.2) is 4.98 Å². The SMILES string of the molecule is Cc1c(C(F)(F)F)nc(NC2CC2)[nH]c1=O. The van der Waals surface area contributed by atoms with Crippen LogP contribution in [0.2, 0.25) is 0 Å². The first-order chi connectivity index (χ1) is 7.38. The van der Waals surface area contributed by atoms with E-state index in [0.717, 1.165) is 19.8 Å². The summed E-state index contributed by atoms with van der Waals surface area (Å²) < 4.78 is 37.6. The van der Waals surface area contributed by atoms with E-state index in [2.05, 4.69) is 15.3 Å². The fourth-order valence-electron chi connectivity index (χ4n) is 1.30. The molecule has 0 unspecified atom stereocenters. The van der Waals surface area contributed by atoms with Crippen LogP contribution in [0.4, 0.5) is 19.1 Å². The second-order valence-electron chi connectivity index (χ2n) is 3.80. The lowest BCUT2D eigenvalue weighted by Gasteiger charge is -2.10. The number of aromatic amines is 1. The van der Waals surface area contributed by atoms with Gasteiger partial charge in [-0.15, -0.1) is 0 Å². The predicted octanol–water partition coefficient (Wildman–Crippen LogP) is 1.67. The lowest BCUT2D eigenvalue weighted by molar-refractivity contribution is -0.141. The molecule has 2 N–H and O–H groups in total. The summed E-state index contributed by atoms with van der Waals surface area (Å²) in [7, 11) is 0. The predicted molar refractivity (Wildman–Crippen MR) is 51.2 cm³/mol. The summed E-state index contributed by atoms with van der Waals surface area (Å²) in [5.41, 5.74) is -2.29. The van der Waals surface area contributed by atoms with E-state index in [1.54, 1.807) is 0 Å². The number of rotatable bonds is 2. The minimum atomic E-state index is -4.60. The van der Waals surface area contributed by atoms with E-state index in [0.29, 0.717) is 0 Å². The van der Waals surface area contributed by atoms with Crippen molar-refractivity contribution in [2.24, 2.45) is 0 Å². The van der Waals surface area contributed by atoms with Gasteiger partial charge in [0.15, 0.2) is 5.69 Å². The van der Waals surface area contributed by atoms with Crippen LogP contribution in [0.5, 0.6) is 0 Å². The zero-order valence-electron chi connectivity index (χ0n) is 8.48. The van der Waals surface area contributed by atoms with Crippen molar-refractivity contribution in [1.82, 2.24) is 9.97 Å². The summed E-state index contributed by atoms with van der Waals surface area (Å²) >= 11 is 0. The number of hydrogen-bond donors (Lipinski definition) is 2. The Morgan fingerprint density at radius 3 is 2.56 bits per heavy atom. The van der Waals surface area contributed by atoms with Crippen molar-refractivity contribution in [1.29, 1.82) is 0 Å². The average Bonchev–Trinajstić information content (AvgIpc) is 2.93. The van der Waals surface area contributed by atoms with Gasteiger partial charge >= 0.3 is 6.18 Å². The van der Waals surface area contributed by atoms with Gasteiger partial charge in [-0.05, 0) is 19.8 Å². The molecule has 1 aliphatic carbocycles. The maximum Gasteiger partial charge on any atom is 0.433 e. The third-order valence-corrected chi connectivity index (χ3v) is 2.34. The molecule has 1 heterocycles. The summed E-state index contributed by atoms with van der Waals surface area (Å²) in [5, 5.41) is 2.73. The van der Waals surface area contributed by atoms with E-state index in [-0.39, 0.29) is 12.0 Å². The molecule has 2 rings (SSSR count). The summed E-state index contributed by atoms with van der Waals surface area (Å²) in [6.45, 7) is 1.11. The molecule has 88 valence electrons. The number of aromatic nitrogens is 2. The van der Waals surface area contributed by atoms with Crippen molar-refractivity contribution in [2.75, 3.05) is 5.32 Å². The molecular formula is C9H10F3N3O. The van der Waals surface area contributed by atoms with Crippen LogP contribution in [-0.4, -0.2) is 16.0 Å². The summed E-state index contributed by atoms with van der Waals surface area (Å²) in [4.78, 5) is 16.9. The average molecular weight is 233 g/mol. The van der Waals surface area contributed by atoms with Crippen molar-refractivity contribution < 1.29 is 13.2 Å². The van der Waals surface area contributed by atoms with Crippen LogP contribution in [0.3, 0.4) is 0 Å². The Bertz CT molecular complexity index is 462. The van der Waals surface area contributed by atoms with Gasteiger partial charge in [0, 0.05) is 11.6 Å². The molecule has 0 bridgehead atoms. The number of H-pyrrole nitrogens is 1. The summed E-state index contributed by atoms with van der Waals surface area (Å²) in [6.07, 6.45) is -2.82. The third kappa shape index (κ3) is 2.17. The van der Waals surface area contributed by atoms with Gasteiger partial charge in [-0.2, -0.15) is 13.2 Å². The van der Waals surface area contributed by atoms with Gasteiger partial charge in [-0.1, -0.05) is 0 Å².